The molecule has 0 aliphatic heterocycles. The molecule has 22 heavy (non-hydrogen) atoms. The quantitative estimate of drug-likeness (QED) is 0.491. The molecular formula is C15H42N4Si3. The fourth-order valence-corrected chi connectivity index (χ4v) is 17.3. The Balaban J connectivity index is 5.47. The SMILES string of the molecule is CCN(CC)[SiH2]N([SiH](C)N(CC)CC)[Si](C)(C)N(CC)CC. The minimum absolute atomic E-state index is 0.328. The van der Waals surface area contributed by atoms with Crippen molar-refractivity contribution in [3.63, 3.8) is 0 Å². The van der Waals surface area contributed by atoms with Crippen LogP contribution in [0.5, 0.6) is 0 Å². The highest BCUT2D eigenvalue weighted by molar-refractivity contribution is 6.88. The Kier molecular flexibility index (Phi) is 11.4. The second kappa shape index (κ2) is 11.1. The van der Waals surface area contributed by atoms with Gasteiger partial charge in [0.25, 0.3) is 0 Å². The van der Waals surface area contributed by atoms with Crippen molar-refractivity contribution < 1.29 is 0 Å². The molecule has 7 heteroatoms. The van der Waals surface area contributed by atoms with Gasteiger partial charge in [-0.05, 0) is 58.9 Å². The molecule has 0 bridgehead atoms. The number of rotatable bonds is 12. The third-order valence-corrected chi connectivity index (χ3v) is 21.0. The van der Waals surface area contributed by atoms with Gasteiger partial charge in [-0.25, -0.2) is 0 Å². The van der Waals surface area contributed by atoms with Crippen molar-refractivity contribution in [2.24, 2.45) is 0 Å². The van der Waals surface area contributed by atoms with E-state index in [0.29, 0.717) is 0 Å². The summed E-state index contributed by atoms with van der Waals surface area (Å²) in [5.74, 6) is 0. The highest BCUT2D eigenvalue weighted by atomic mass is 28.4. The lowest BCUT2D eigenvalue weighted by molar-refractivity contribution is 0.408. The third kappa shape index (κ3) is 5.85. The summed E-state index contributed by atoms with van der Waals surface area (Å²) in [6, 6.07) is 0. The summed E-state index contributed by atoms with van der Waals surface area (Å²) in [6.45, 7) is 28.9. The molecule has 0 aliphatic rings. The van der Waals surface area contributed by atoms with Gasteiger partial charge in [-0.3, -0.25) is 0 Å². The molecule has 0 saturated carbocycles. The maximum Gasteiger partial charge on any atom is 0.188 e. The highest BCUT2D eigenvalue weighted by Gasteiger charge is 2.39. The van der Waals surface area contributed by atoms with Gasteiger partial charge in [-0.15, -0.1) is 0 Å². The van der Waals surface area contributed by atoms with Crippen molar-refractivity contribution in [2.45, 2.75) is 61.2 Å². The highest BCUT2D eigenvalue weighted by Crippen LogP contribution is 2.18. The lowest BCUT2D eigenvalue weighted by Gasteiger charge is -2.50. The van der Waals surface area contributed by atoms with Gasteiger partial charge in [0.1, 0.15) is 0 Å². The Hall–Kier alpha value is 0.491. The van der Waals surface area contributed by atoms with E-state index in [1.165, 1.54) is 39.3 Å². The second-order valence-electron chi connectivity index (χ2n) is 6.43. The molecule has 0 heterocycles. The summed E-state index contributed by atoms with van der Waals surface area (Å²) in [4.78, 5) is 0. The van der Waals surface area contributed by atoms with Crippen LogP contribution >= 0.6 is 0 Å². The molecule has 1 atom stereocenters. The number of nitrogens with zero attached hydrogens (tertiary/aromatic N) is 4. The standard InChI is InChI=1S/C15H42N4Si3/c1-10-16(11-2)20-19(21(7)17(12-3)13-4)22(8,9)18(14-5)15-6/h21H,10-15,20H2,1-9H3. The molecule has 0 spiro atoms. The van der Waals surface area contributed by atoms with E-state index in [1.54, 1.807) is 0 Å². The summed E-state index contributed by atoms with van der Waals surface area (Å²) >= 11 is 0. The minimum atomic E-state index is -1.51. The van der Waals surface area contributed by atoms with E-state index in [2.05, 4.69) is 78.8 Å². The first kappa shape index (κ1) is 22.5. The Morgan fingerprint density at radius 1 is 0.773 bits per heavy atom. The Labute approximate surface area is 145 Å². The molecule has 134 valence electrons. The van der Waals surface area contributed by atoms with Crippen LogP contribution in [0.4, 0.5) is 0 Å². The Bertz CT molecular complexity index is 280. The second-order valence-corrected chi connectivity index (χ2v) is 17.0. The monoisotopic (exact) mass is 362 g/mol. The van der Waals surface area contributed by atoms with Crippen molar-refractivity contribution in [3.05, 3.63) is 0 Å². The first-order valence-corrected chi connectivity index (χ1v) is 15.7. The van der Waals surface area contributed by atoms with Gasteiger partial charge in [0.15, 0.2) is 27.4 Å². The summed E-state index contributed by atoms with van der Waals surface area (Å²) in [5, 5.41) is 0. The first-order valence-electron chi connectivity index (χ1n) is 9.31. The van der Waals surface area contributed by atoms with Crippen LogP contribution < -0.4 is 0 Å². The molecule has 4 nitrogen and oxygen atoms in total. The van der Waals surface area contributed by atoms with E-state index in [-0.39, 0.29) is 9.84 Å². The van der Waals surface area contributed by atoms with Gasteiger partial charge in [0, 0.05) is 0 Å². The normalized spacial score (nSPS) is 15.1. The summed E-state index contributed by atoms with van der Waals surface area (Å²) < 4.78 is 11.3. The van der Waals surface area contributed by atoms with Gasteiger partial charge >= 0.3 is 0 Å². The summed E-state index contributed by atoms with van der Waals surface area (Å²) in [7, 11) is -2.86. The van der Waals surface area contributed by atoms with Crippen molar-refractivity contribution in [1.82, 2.24) is 17.6 Å². The third-order valence-electron chi connectivity index (χ3n) is 5.28. The molecular weight excluding hydrogens is 320 g/mol. The van der Waals surface area contributed by atoms with Gasteiger partial charge in [0.05, 0.1) is 0 Å². The maximum atomic E-state index is 3.08. The van der Waals surface area contributed by atoms with Crippen LogP contribution in [0.2, 0.25) is 19.6 Å². The Morgan fingerprint density at radius 3 is 1.55 bits per heavy atom. The zero-order valence-electron chi connectivity index (χ0n) is 16.8. The molecule has 0 aromatic rings. The largest absolute Gasteiger partial charge is 0.339 e. The van der Waals surface area contributed by atoms with Crippen molar-refractivity contribution in [1.29, 1.82) is 0 Å². The molecule has 0 saturated heterocycles. The number of hydrogen-bond donors (Lipinski definition) is 0. The van der Waals surface area contributed by atoms with Gasteiger partial charge in [0.2, 0.25) is 0 Å². The van der Waals surface area contributed by atoms with Crippen molar-refractivity contribution >= 4 is 27.4 Å². The average Bonchev–Trinajstić information content (AvgIpc) is 2.50. The van der Waals surface area contributed by atoms with Crippen LogP contribution in [-0.4, -0.2) is 84.2 Å². The van der Waals surface area contributed by atoms with Crippen LogP contribution in [0.25, 0.3) is 0 Å². The molecule has 0 fully saturated rings. The van der Waals surface area contributed by atoms with Crippen molar-refractivity contribution in [3.8, 4) is 0 Å². The summed E-state index contributed by atoms with van der Waals surface area (Å²) in [6.07, 6.45) is 0. The smallest absolute Gasteiger partial charge is 0.188 e. The molecule has 1 unspecified atom stereocenters. The molecule has 0 aliphatic carbocycles. The van der Waals surface area contributed by atoms with E-state index in [1.807, 2.05) is 0 Å². The maximum absolute atomic E-state index is 3.08. The van der Waals surface area contributed by atoms with Crippen LogP contribution in [0.15, 0.2) is 0 Å². The molecule has 0 radical (unpaired) electrons. The van der Waals surface area contributed by atoms with Crippen LogP contribution in [0.3, 0.4) is 0 Å². The van der Waals surface area contributed by atoms with Crippen LogP contribution in [0, 0.1) is 0 Å². The predicted molar refractivity (Wildman–Crippen MR) is 110 cm³/mol. The predicted octanol–water partition coefficient (Wildman–Crippen LogP) is 1.86. The van der Waals surface area contributed by atoms with Crippen molar-refractivity contribution in [2.75, 3.05) is 39.3 Å². The van der Waals surface area contributed by atoms with Crippen LogP contribution in [-0.2, 0) is 0 Å². The van der Waals surface area contributed by atoms with Gasteiger partial charge in [-0.2, -0.15) is 0 Å². The van der Waals surface area contributed by atoms with E-state index < -0.39 is 17.5 Å². The summed E-state index contributed by atoms with van der Waals surface area (Å²) in [5.41, 5.74) is 0. The van der Waals surface area contributed by atoms with E-state index in [0.717, 1.165) is 0 Å². The van der Waals surface area contributed by atoms with E-state index in [9.17, 15) is 0 Å². The van der Waals surface area contributed by atoms with Gasteiger partial charge < -0.3 is 17.6 Å². The topological polar surface area (TPSA) is 13.0 Å². The fraction of sp³-hybridized carbons (Fsp3) is 1.00. The molecule has 0 aromatic carbocycles. The lowest BCUT2D eigenvalue weighted by Crippen LogP contribution is -2.71. The average molecular weight is 363 g/mol. The zero-order chi connectivity index (χ0) is 17.3. The Morgan fingerprint density at radius 2 is 1.23 bits per heavy atom. The minimum Gasteiger partial charge on any atom is -0.339 e. The molecule has 0 aromatic heterocycles. The van der Waals surface area contributed by atoms with E-state index in [4.69, 9.17) is 0 Å². The van der Waals surface area contributed by atoms with E-state index >= 15 is 0 Å². The van der Waals surface area contributed by atoms with Gasteiger partial charge in [-0.1, -0.05) is 41.5 Å². The molecule has 0 amide bonds. The lowest BCUT2D eigenvalue weighted by atomic mass is 10.7. The molecule has 0 N–H and O–H groups in total. The zero-order valence-corrected chi connectivity index (χ0v) is 20.4. The fourth-order valence-electron chi connectivity index (χ4n) is 3.52. The first-order chi connectivity index (χ1) is 10.3. The van der Waals surface area contributed by atoms with Crippen LogP contribution in [0.1, 0.15) is 41.5 Å². The number of hydrogen-bond acceptors (Lipinski definition) is 4. The molecule has 0 rings (SSSR count).